The lowest BCUT2D eigenvalue weighted by Crippen LogP contribution is -2.50. The highest BCUT2D eigenvalue weighted by atomic mass is 15.3. The first-order chi connectivity index (χ1) is 8.24. The Hall–Kier alpha value is 0.0249. The van der Waals surface area contributed by atoms with Gasteiger partial charge in [-0.3, -0.25) is 0 Å². The molecular formula is C16H37BN+2. The van der Waals surface area contributed by atoms with E-state index in [9.17, 15) is 0 Å². The molecule has 0 aromatic carbocycles. The maximum atomic E-state index is 2.33. The lowest BCUT2D eigenvalue weighted by atomic mass is 10.1. The van der Waals surface area contributed by atoms with E-state index in [1.165, 1.54) is 82.0 Å². The maximum Gasteiger partial charge on any atom is 1.00 e. The smallest absolute Gasteiger partial charge is 0.324 e. The quantitative estimate of drug-likeness (QED) is 0.349. The zero-order valence-corrected chi connectivity index (χ0v) is 13.5. The molecule has 1 nitrogen and oxygen atoms in total. The fourth-order valence-electron chi connectivity index (χ4n) is 2.64. The van der Waals surface area contributed by atoms with Gasteiger partial charge in [-0.2, -0.15) is 0 Å². The molecule has 0 atom stereocenters. The van der Waals surface area contributed by atoms with E-state index in [-0.39, 0.29) is 9.84 Å². The minimum absolute atomic E-state index is 0. The predicted octanol–water partition coefficient (Wildman–Crippen LogP) is 4.74. The normalized spacial score (nSPS) is 11.3. The van der Waals surface area contributed by atoms with Crippen molar-refractivity contribution in [1.82, 2.24) is 0 Å². The molecule has 0 amide bonds. The third kappa shape index (κ3) is 9.02. The van der Waals surface area contributed by atoms with E-state index < -0.39 is 0 Å². The Bertz CT molecular complexity index is 127. The number of nitrogens with zero attached hydrogens (tertiary/aromatic N) is 1. The van der Waals surface area contributed by atoms with Crippen molar-refractivity contribution in [2.24, 2.45) is 0 Å². The molecule has 0 saturated heterocycles. The Morgan fingerprint density at radius 3 is 0.944 bits per heavy atom. The van der Waals surface area contributed by atoms with Crippen LogP contribution in [0, 0.1) is 0 Å². The molecule has 2 heteroatoms. The van der Waals surface area contributed by atoms with Crippen molar-refractivity contribution in [1.29, 1.82) is 0 Å². The molecule has 0 N–H and O–H groups in total. The number of hydrogen-bond donors (Lipinski definition) is 0. The van der Waals surface area contributed by atoms with Crippen molar-refractivity contribution in [3.05, 3.63) is 0 Å². The minimum atomic E-state index is 0. The molecular weight excluding hydrogens is 217 g/mol. The summed E-state index contributed by atoms with van der Waals surface area (Å²) < 4.78 is 1.42. The zero-order valence-electron chi connectivity index (χ0n) is 14.5. The van der Waals surface area contributed by atoms with Gasteiger partial charge in [-0.25, -0.2) is 0 Å². The van der Waals surface area contributed by atoms with Gasteiger partial charge in [0, 0.05) is 8.41 Å². The monoisotopic (exact) mass is 254 g/mol. The summed E-state index contributed by atoms with van der Waals surface area (Å²) in [6, 6.07) is 0. The SMILES string of the molecule is CCCC[N+](CCCC)(CCCC)CCCC.[B].[H+]. The molecule has 0 saturated carbocycles. The van der Waals surface area contributed by atoms with Gasteiger partial charge < -0.3 is 4.48 Å². The van der Waals surface area contributed by atoms with Crippen LogP contribution in [-0.2, 0) is 0 Å². The van der Waals surface area contributed by atoms with Gasteiger partial charge in [0.05, 0.1) is 26.2 Å². The van der Waals surface area contributed by atoms with Crippen LogP contribution in [0.2, 0.25) is 0 Å². The molecule has 0 aromatic heterocycles. The molecule has 107 valence electrons. The van der Waals surface area contributed by atoms with Crippen molar-refractivity contribution in [3.63, 3.8) is 0 Å². The Morgan fingerprint density at radius 1 is 0.556 bits per heavy atom. The van der Waals surface area contributed by atoms with Crippen LogP contribution in [0.25, 0.3) is 0 Å². The van der Waals surface area contributed by atoms with E-state index in [1.807, 2.05) is 0 Å². The van der Waals surface area contributed by atoms with Crippen LogP contribution in [0.3, 0.4) is 0 Å². The first-order valence-corrected chi connectivity index (χ1v) is 8.09. The highest BCUT2D eigenvalue weighted by Crippen LogP contribution is 2.16. The number of rotatable bonds is 12. The second kappa shape index (κ2) is 13.5. The second-order valence-electron chi connectivity index (χ2n) is 5.65. The predicted molar refractivity (Wildman–Crippen MR) is 86.2 cm³/mol. The van der Waals surface area contributed by atoms with Crippen molar-refractivity contribution in [2.45, 2.75) is 79.1 Å². The Labute approximate surface area is 120 Å². The molecule has 0 aliphatic carbocycles. The summed E-state index contributed by atoms with van der Waals surface area (Å²) in [5.41, 5.74) is 0. The number of unbranched alkanes of at least 4 members (excludes halogenated alkanes) is 4. The fraction of sp³-hybridized carbons (Fsp3) is 1.00. The van der Waals surface area contributed by atoms with Crippen molar-refractivity contribution >= 4 is 8.41 Å². The largest absolute Gasteiger partial charge is 1.00 e. The summed E-state index contributed by atoms with van der Waals surface area (Å²) in [5, 5.41) is 0. The summed E-state index contributed by atoms with van der Waals surface area (Å²) in [4.78, 5) is 0. The Kier molecular flexibility index (Phi) is 15.2. The summed E-state index contributed by atoms with van der Waals surface area (Å²) in [5.74, 6) is 0. The minimum Gasteiger partial charge on any atom is -0.324 e. The molecule has 0 heterocycles. The van der Waals surface area contributed by atoms with Crippen LogP contribution in [0.1, 0.15) is 80.5 Å². The van der Waals surface area contributed by atoms with Crippen molar-refractivity contribution in [2.75, 3.05) is 26.2 Å². The highest BCUT2D eigenvalue weighted by Gasteiger charge is 2.24. The third-order valence-corrected chi connectivity index (χ3v) is 3.94. The summed E-state index contributed by atoms with van der Waals surface area (Å²) in [6.07, 6.45) is 11.1. The molecule has 3 radical (unpaired) electrons. The van der Waals surface area contributed by atoms with Gasteiger partial charge >= 0.3 is 1.43 Å². The summed E-state index contributed by atoms with van der Waals surface area (Å²) >= 11 is 0. The highest BCUT2D eigenvalue weighted by molar-refractivity contribution is 5.75. The van der Waals surface area contributed by atoms with Gasteiger partial charge in [0.15, 0.2) is 0 Å². The van der Waals surface area contributed by atoms with E-state index in [0.717, 1.165) is 0 Å². The summed E-state index contributed by atoms with van der Waals surface area (Å²) in [6.45, 7) is 15.0. The van der Waals surface area contributed by atoms with Gasteiger partial charge in [-0.05, 0) is 25.7 Å². The van der Waals surface area contributed by atoms with E-state index >= 15 is 0 Å². The first-order valence-electron chi connectivity index (χ1n) is 8.09. The van der Waals surface area contributed by atoms with Crippen LogP contribution in [0.5, 0.6) is 0 Å². The lowest BCUT2D eigenvalue weighted by molar-refractivity contribution is -0.929. The topological polar surface area (TPSA) is 0 Å². The molecule has 0 rings (SSSR count). The van der Waals surface area contributed by atoms with Crippen LogP contribution < -0.4 is 0 Å². The van der Waals surface area contributed by atoms with E-state index in [4.69, 9.17) is 0 Å². The van der Waals surface area contributed by atoms with Gasteiger partial charge in [0.1, 0.15) is 0 Å². The molecule has 0 fully saturated rings. The van der Waals surface area contributed by atoms with Crippen molar-refractivity contribution in [3.8, 4) is 0 Å². The standard InChI is InChI=1S/C16H36N.B/c1-5-9-13-17(14-10-6-2,15-11-7-3)16-12-8-4;/h5-16H2,1-4H3;/q+1;/p+1. The number of hydrogen-bond acceptors (Lipinski definition) is 0. The van der Waals surface area contributed by atoms with Gasteiger partial charge in [-0.1, -0.05) is 53.4 Å². The van der Waals surface area contributed by atoms with E-state index in [0.29, 0.717) is 0 Å². The van der Waals surface area contributed by atoms with Gasteiger partial charge in [0.2, 0.25) is 0 Å². The average molecular weight is 254 g/mol. The van der Waals surface area contributed by atoms with Gasteiger partial charge in [-0.15, -0.1) is 0 Å². The Balaban J connectivity index is -0.00000128. The van der Waals surface area contributed by atoms with E-state index in [2.05, 4.69) is 27.7 Å². The molecule has 0 aliphatic rings. The average Bonchev–Trinajstić information content (AvgIpc) is 2.37. The van der Waals surface area contributed by atoms with Crippen LogP contribution in [0.4, 0.5) is 0 Å². The molecule has 0 aliphatic heterocycles. The third-order valence-electron chi connectivity index (χ3n) is 3.94. The van der Waals surface area contributed by atoms with Crippen LogP contribution >= 0.6 is 0 Å². The van der Waals surface area contributed by atoms with Crippen molar-refractivity contribution < 1.29 is 5.91 Å². The molecule has 0 aromatic rings. The maximum absolute atomic E-state index is 2.33. The molecule has 0 unspecified atom stereocenters. The van der Waals surface area contributed by atoms with Crippen LogP contribution in [-0.4, -0.2) is 39.1 Å². The zero-order chi connectivity index (χ0) is 13.0. The molecule has 0 spiro atoms. The molecule has 0 bridgehead atoms. The fourth-order valence-corrected chi connectivity index (χ4v) is 2.64. The summed E-state index contributed by atoms with van der Waals surface area (Å²) in [7, 11) is 0. The number of quaternary nitrogens is 1. The first kappa shape index (κ1) is 20.3. The van der Waals surface area contributed by atoms with Gasteiger partial charge in [0.25, 0.3) is 0 Å². The second-order valence-corrected chi connectivity index (χ2v) is 5.65. The van der Waals surface area contributed by atoms with Crippen LogP contribution in [0.15, 0.2) is 0 Å². The van der Waals surface area contributed by atoms with E-state index in [1.54, 1.807) is 0 Å². The lowest BCUT2D eigenvalue weighted by Gasteiger charge is -2.39. The molecule has 18 heavy (non-hydrogen) atoms. The Morgan fingerprint density at radius 2 is 0.778 bits per heavy atom.